The van der Waals surface area contributed by atoms with Crippen molar-refractivity contribution in [2.24, 2.45) is 18.2 Å². The molecule has 1 saturated heterocycles. The molecule has 1 aromatic heterocycles. The first-order valence-corrected chi connectivity index (χ1v) is 9.69. The Morgan fingerprint density at radius 3 is 2.63 bits per heavy atom. The summed E-state index contributed by atoms with van der Waals surface area (Å²) in [6.45, 7) is 4.43. The zero-order valence-electron chi connectivity index (χ0n) is 15.6. The Morgan fingerprint density at radius 1 is 1.33 bits per heavy atom. The van der Waals surface area contributed by atoms with Gasteiger partial charge in [-0.25, -0.2) is 0 Å². The topological polar surface area (TPSA) is 114 Å². The van der Waals surface area contributed by atoms with Crippen LogP contribution < -0.4 is 21.9 Å². The van der Waals surface area contributed by atoms with E-state index in [2.05, 4.69) is 22.9 Å². The summed E-state index contributed by atoms with van der Waals surface area (Å²) in [5.74, 6) is 0.771. The number of benzene rings is 1. The van der Waals surface area contributed by atoms with Crippen LogP contribution in [0.25, 0.3) is 0 Å². The molecular formula is C19H24N6OS. The van der Waals surface area contributed by atoms with Crippen molar-refractivity contribution < 1.29 is 0 Å². The SMILES string of the molecule is Cn1c(N2CCC(C)(CN)CC2)nc(N)c(Sc2ccccc2C#N)c1=O. The van der Waals surface area contributed by atoms with Crippen LogP contribution in [0.5, 0.6) is 0 Å². The van der Waals surface area contributed by atoms with E-state index in [9.17, 15) is 10.1 Å². The fraction of sp³-hybridized carbons (Fsp3) is 0.421. The third-order valence-corrected chi connectivity index (χ3v) is 6.38. The lowest BCUT2D eigenvalue weighted by molar-refractivity contribution is 0.256. The molecular weight excluding hydrogens is 360 g/mol. The summed E-state index contributed by atoms with van der Waals surface area (Å²) in [5, 5.41) is 9.26. The van der Waals surface area contributed by atoms with E-state index in [1.807, 2.05) is 6.07 Å². The molecule has 7 nitrogen and oxygen atoms in total. The Morgan fingerprint density at radius 2 is 2.00 bits per heavy atom. The van der Waals surface area contributed by atoms with E-state index >= 15 is 0 Å². The number of anilines is 2. The van der Waals surface area contributed by atoms with Gasteiger partial charge >= 0.3 is 0 Å². The molecule has 0 saturated carbocycles. The Labute approximate surface area is 163 Å². The minimum atomic E-state index is -0.206. The summed E-state index contributed by atoms with van der Waals surface area (Å²) in [5.41, 5.74) is 12.5. The molecule has 0 aliphatic carbocycles. The zero-order valence-corrected chi connectivity index (χ0v) is 16.4. The number of aromatic nitrogens is 2. The molecule has 1 aliphatic heterocycles. The summed E-state index contributed by atoms with van der Waals surface area (Å²) in [6.07, 6.45) is 1.90. The summed E-state index contributed by atoms with van der Waals surface area (Å²) < 4.78 is 1.54. The minimum Gasteiger partial charge on any atom is -0.382 e. The van der Waals surface area contributed by atoms with Gasteiger partial charge in [0.15, 0.2) is 0 Å². The number of hydrogen-bond acceptors (Lipinski definition) is 7. The molecule has 0 bridgehead atoms. The lowest BCUT2D eigenvalue weighted by Crippen LogP contribution is -2.44. The third-order valence-electron chi connectivity index (χ3n) is 5.22. The number of nitriles is 1. The minimum absolute atomic E-state index is 0.137. The van der Waals surface area contributed by atoms with Crippen molar-refractivity contribution in [2.75, 3.05) is 30.3 Å². The van der Waals surface area contributed by atoms with Crippen molar-refractivity contribution in [1.29, 1.82) is 5.26 Å². The van der Waals surface area contributed by atoms with E-state index in [1.165, 1.54) is 11.8 Å². The van der Waals surface area contributed by atoms with Crippen LogP contribution in [0.2, 0.25) is 0 Å². The molecule has 1 fully saturated rings. The Kier molecular flexibility index (Phi) is 5.44. The van der Waals surface area contributed by atoms with Gasteiger partial charge in [0, 0.05) is 25.0 Å². The quantitative estimate of drug-likeness (QED) is 0.828. The van der Waals surface area contributed by atoms with Crippen LogP contribution in [-0.4, -0.2) is 29.2 Å². The van der Waals surface area contributed by atoms with Gasteiger partial charge in [-0.2, -0.15) is 10.2 Å². The molecule has 2 aromatic rings. The first-order valence-electron chi connectivity index (χ1n) is 8.87. The van der Waals surface area contributed by atoms with Crippen molar-refractivity contribution in [2.45, 2.75) is 29.6 Å². The maximum atomic E-state index is 12.9. The molecule has 3 rings (SSSR count). The van der Waals surface area contributed by atoms with Gasteiger partial charge in [-0.1, -0.05) is 30.8 Å². The van der Waals surface area contributed by atoms with Crippen LogP contribution in [0.3, 0.4) is 0 Å². The summed E-state index contributed by atoms with van der Waals surface area (Å²) >= 11 is 1.19. The van der Waals surface area contributed by atoms with Crippen molar-refractivity contribution in [1.82, 2.24) is 9.55 Å². The lowest BCUT2D eigenvalue weighted by Gasteiger charge is -2.39. The number of piperidine rings is 1. The highest BCUT2D eigenvalue weighted by atomic mass is 32.2. The number of hydrogen-bond donors (Lipinski definition) is 2. The van der Waals surface area contributed by atoms with Crippen LogP contribution in [0.15, 0.2) is 38.9 Å². The predicted molar refractivity (Wildman–Crippen MR) is 108 cm³/mol. The molecule has 0 atom stereocenters. The number of nitrogens with two attached hydrogens (primary N) is 2. The summed E-state index contributed by atoms with van der Waals surface area (Å²) in [6, 6.07) is 9.27. The molecule has 0 radical (unpaired) electrons. The van der Waals surface area contributed by atoms with E-state index in [-0.39, 0.29) is 16.8 Å². The average Bonchev–Trinajstić information content (AvgIpc) is 2.69. The second kappa shape index (κ2) is 7.62. The van der Waals surface area contributed by atoms with Crippen LogP contribution in [0.1, 0.15) is 25.3 Å². The van der Waals surface area contributed by atoms with Crippen LogP contribution in [-0.2, 0) is 7.05 Å². The highest BCUT2D eigenvalue weighted by molar-refractivity contribution is 7.99. The second-order valence-corrected chi connectivity index (χ2v) is 8.25. The third kappa shape index (κ3) is 3.80. The van der Waals surface area contributed by atoms with Gasteiger partial charge in [0.1, 0.15) is 16.8 Å². The molecule has 0 amide bonds. The van der Waals surface area contributed by atoms with Gasteiger partial charge in [0.25, 0.3) is 5.56 Å². The Bertz CT molecular complexity index is 940. The van der Waals surface area contributed by atoms with Crippen LogP contribution >= 0.6 is 11.8 Å². The first-order chi connectivity index (χ1) is 12.9. The van der Waals surface area contributed by atoms with E-state index < -0.39 is 0 Å². The highest BCUT2D eigenvalue weighted by Crippen LogP contribution is 2.34. The van der Waals surface area contributed by atoms with E-state index in [0.717, 1.165) is 25.9 Å². The van der Waals surface area contributed by atoms with Gasteiger partial charge in [0.2, 0.25) is 5.95 Å². The smallest absolute Gasteiger partial charge is 0.270 e. The Balaban J connectivity index is 1.91. The molecule has 0 spiro atoms. The van der Waals surface area contributed by atoms with Crippen molar-refractivity contribution in [3.05, 3.63) is 40.2 Å². The fourth-order valence-corrected chi connectivity index (χ4v) is 4.14. The van der Waals surface area contributed by atoms with Gasteiger partial charge < -0.3 is 16.4 Å². The van der Waals surface area contributed by atoms with Crippen LogP contribution in [0, 0.1) is 16.7 Å². The van der Waals surface area contributed by atoms with Gasteiger partial charge in [-0.05, 0) is 36.9 Å². The average molecular weight is 385 g/mol. The number of nitrogen functional groups attached to an aromatic ring is 1. The van der Waals surface area contributed by atoms with E-state index in [4.69, 9.17) is 11.5 Å². The monoisotopic (exact) mass is 384 g/mol. The molecule has 8 heteroatoms. The molecule has 0 unspecified atom stereocenters. The normalized spacial score (nSPS) is 16.1. The first kappa shape index (κ1) is 19.3. The Hall–Kier alpha value is -2.50. The summed E-state index contributed by atoms with van der Waals surface area (Å²) in [4.78, 5) is 20.6. The molecule has 142 valence electrons. The maximum Gasteiger partial charge on any atom is 0.270 e. The predicted octanol–water partition coefficient (Wildman–Crippen LogP) is 1.95. The fourth-order valence-electron chi connectivity index (χ4n) is 3.17. The molecule has 4 N–H and O–H groups in total. The van der Waals surface area contributed by atoms with E-state index in [0.29, 0.717) is 27.8 Å². The van der Waals surface area contributed by atoms with Gasteiger partial charge in [0.05, 0.1) is 5.56 Å². The standard InChI is InChI=1S/C19H24N6OS/c1-19(12-21)7-9-25(10-8-19)18-23-16(22)15(17(26)24(18)2)27-14-6-4-3-5-13(14)11-20/h3-6H,7-10,12,21-22H2,1-2H3. The second-order valence-electron chi connectivity index (χ2n) is 7.20. The lowest BCUT2D eigenvalue weighted by atomic mass is 9.81. The zero-order chi connectivity index (χ0) is 19.6. The van der Waals surface area contributed by atoms with Gasteiger partial charge in [-0.3, -0.25) is 9.36 Å². The van der Waals surface area contributed by atoms with Crippen LogP contribution in [0.4, 0.5) is 11.8 Å². The number of rotatable bonds is 4. The molecule has 1 aromatic carbocycles. The maximum absolute atomic E-state index is 12.9. The van der Waals surface area contributed by atoms with E-state index in [1.54, 1.807) is 29.8 Å². The summed E-state index contributed by atoms with van der Waals surface area (Å²) in [7, 11) is 1.71. The largest absolute Gasteiger partial charge is 0.382 e. The molecule has 27 heavy (non-hydrogen) atoms. The molecule has 2 heterocycles. The van der Waals surface area contributed by atoms with Crippen molar-refractivity contribution >= 4 is 23.5 Å². The highest BCUT2D eigenvalue weighted by Gasteiger charge is 2.30. The van der Waals surface area contributed by atoms with Crippen molar-refractivity contribution in [3.63, 3.8) is 0 Å². The van der Waals surface area contributed by atoms with Crippen molar-refractivity contribution in [3.8, 4) is 6.07 Å². The van der Waals surface area contributed by atoms with Gasteiger partial charge in [-0.15, -0.1) is 0 Å². The number of nitrogens with zero attached hydrogens (tertiary/aromatic N) is 4. The molecule has 1 aliphatic rings.